The van der Waals surface area contributed by atoms with Gasteiger partial charge in [-0.3, -0.25) is 0 Å². The van der Waals surface area contributed by atoms with Gasteiger partial charge in [-0.25, -0.2) is 4.39 Å². The number of ether oxygens (including phenoxy) is 1. The highest BCUT2D eigenvalue weighted by molar-refractivity contribution is 5.85. The molecule has 0 aliphatic heterocycles. The first kappa shape index (κ1) is 13.1. The van der Waals surface area contributed by atoms with Crippen LogP contribution in [0.2, 0.25) is 0 Å². The molecule has 1 saturated carbocycles. The molecule has 1 aliphatic rings. The summed E-state index contributed by atoms with van der Waals surface area (Å²) in [5, 5.41) is 1.88. The monoisotopic (exact) mass is 267 g/mol. The number of nitrogens with two attached hydrogens (primary N) is 1. The molecule has 18 heavy (non-hydrogen) atoms. The zero-order valence-electron chi connectivity index (χ0n) is 9.80. The molecule has 3 rings (SSSR count). The highest BCUT2D eigenvalue weighted by Crippen LogP contribution is 2.27. The molecular weight excluding hydrogens is 253 g/mol. The van der Waals surface area contributed by atoms with E-state index < -0.39 is 0 Å². The highest BCUT2D eigenvalue weighted by atomic mass is 35.5. The molecule has 2 nitrogen and oxygen atoms in total. The second kappa shape index (κ2) is 5.12. The molecule has 4 heteroatoms. The van der Waals surface area contributed by atoms with E-state index in [0.717, 1.165) is 29.4 Å². The maximum Gasteiger partial charge on any atom is 0.123 e. The zero-order chi connectivity index (χ0) is 11.8. The summed E-state index contributed by atoms with van der Waals surface area (Å²) in [6, 6.07) is 10.8. The van der Waals surface area contributed by atoms with Crippen molar-refractivity contribution in [2.45, 2.75) is 25.0 Å². The van der Waals surface area contributed by atoms with Crippen LogP contribution in [0.15, 0.2) is 36.4 Å². The first-order valence-corrected chi connectivity index (χ1v) is 5.82. The third-order valence-electron chi connectivity index (χ3n) is 3.21. The Morgan fingerprint density at radius 1 is 1.06 bits per heavy atom. The first-order chi connectivity index (χ1) is 8.20. The minimum atomic E-state index is -0.222. The minimum Gasteiger partial charge on any atom is -0.490 e. The third kappa shape index (κ3) is 2.57. The van der Waals surface area contributed by atoms with Crippen molar-refractivity contribution in [2.75, 3.05) is 0 Å². The lowest BCUT2D eigenvalue weighted by atomic mass is 9.90. The molecule has 2 aromatic carbocycles. The maximum atomic E-state index is 13.1. The average Bonchev–Trinajstić information content (AvgIpc) is 2.26. The van der Waals surface area contributed by atoms with E-state index in [1.165, 1.54) is 12.1 Å². The van der Waals surface area contributed by atoms with Gasteiger partial charge in [-0.1, -0.05) is 12.1 Å². The molecule has 2 aromatic rings. The van der Waals surface area contributed by atoms with Crippen LogP contribution in [-0.4, -0.2) is 12.1 Å². The topological polar surface area (TPSA) is 35.2 Å². The van der Waals surface area contributed by atoms with Gasteiger partial charge in [-0.15, -0.1) is 12.4 Å². The Morgan fingerprint density at radius 3 is 2.50 bits per heavy atom. The molecule has 0 unspecified atom stereocenters. The lowest BCUT2D eigenvalue weighted by molar-refractivity contribution is 0.101. The van der Waals surface area contributed by atoms with E-state index in [4.69, 9.17) is 10.5 Å². The molecule has 0 aromatic heterocycles. The molecule has 0 bridgehead atoms. The van der Waals surface area contributed by atoms with Crippen molar-refractivity contribution in [3.05, 3.63) is 42.2 Å². The Hall–Kier alpha value is -1.32. The van der Waals surface area contributed by atoms with Gasteiger partial charge in [0.25, 0.3) is 0 Å². The first-order valence-electron chi connectivity index (χ1n) is 5.82. The van der Waals surface area contributed by atoms with Gasteiger partial charge in [0.2, 0.25) is 0 Å². The van der Waals surface area contributed by atoms with Crippen LogP contribution in [0, 0.1) is 5.82 Å². The Kier molecular flexibility index (Phi) is 3.73. The van der Waals surface area contributed by atoms with Crippen molar-refractivity contribution in [2.24, 2.45) is 5.73 Å². The molecule has 1 fully saturated rings. The molecule has 2 N–H and O–H groups in total. The highest BCUT2D eigenvalue weighted by Gasteiger charge is 2.27. The van der Waals surface area contributed by atoms with Crippen LogP contribution in [0.4, 0.5) is 4.39 Å². The molecular formula is C14H15ClFNO. The number of halogens is 2. The summed E-state index contributed by atoms with van der Waals surface area (Å²) < 4.78 is 18.9. The van der Waals surface area contributed by atoms with E-state index in [1.54, 1.807) is 6.07 Å². The molecule has 0 saturated heterocycles. The Labute approximate surface area is 111 Å². The molecule has 0 heterocycles. The fourth-order valence-electron chi connectivity index (χ4n) is 2.16. The summed E-state index contributed by atoms with van der Waals surface area (Å²) in [6.07, 6.45) is 2.03. The van der Waals surface area contributed by atoms with Crippen molar-refractivity contribution >= 4 is 23.2 Å². The van der Waals surface area contributed by atoms with Crippen LogP contribution >= 0.6 is 12.4 Å². The van der Waals surface area contributed by atoms with Gasteiger partial charge in [0, 0.05) is 6.04 Å². The Bertz CT molecular complexity index is 554. The number of rotatable bonds is 2. The van der Waals surface area contributed by atoms with E-state index in [-0.39, 0.29) is 30.4 Å². The van der Waals surface area contributed by atoms with Crippen LogP contribution in [-0.2, 0) is 0 Å². The van der Waals surface area contributed by atoms with Crippen molar-refractivity contribution in [1.82, 2.24) is 0 Å². The van der Waals surface area contributed by atoms with E-state index in [1.807, 2.05) is 18.2 Å². The standard InChI is InChI=1S/C14H14FNO.ClH/c15-11-3-1-9-2-4-13(6-10(9)5-11)17-14-7-12(16)8-14;/h1-6,12,14H,7-8,16H2;1H. The van der Waals surface area contributed by atoms with Crippen LogP contribution in [0.25, 0.3) is 10.8 Å². The molecule has 0 amide bonds. The van der Waals surface area contributed by atoms with Crippen molar-refractivity contribution in [3.8, 4) is 5.75 Å². The van der Waals surface area contributed by atoms with Crippen molar-refractivity contribution in [1.29, 1.82) is 0 Å². The lowest BCUT2D eigenvalue weighted by Crippen LogP contribution is -2.43. The summed E-state index contributed by atoms with van der Waals surface area (Å²) in [5.41, 5.74) is 5.70. The fourth-order valence-corrected chi connectivity index (χ4v) is 2.16. The van der Waals surface area contributed by atoms with Gasteiger partial charge in [0.05, 0.1) is 0 Å². The van der Waals surface area contributed by atoms with E-state index in [9.17, 15) is 4.39 Å². The average molecular weight is 268 g/mol. The van der Waals surface area contributed by atoms with E-state index in [0.29, 0.717) is 0 Å². The summed E-state index contributed by atoms with van der Waals surface area (Å²) in [6.45, 7) is 0. The summed E-state index contributed by atoms with van der Waals surface area (Å²) in [5.74, 6) is 0.570. The van der Waals surface area contributed by atoms with Gasteiger partial charge in [-0.05, 0) is 47.9 Å². The predicted octanol–water partition coefficient (Wildman–Crippen LogP) is 3.27. The van der Waals surface area contributed by atoms with Gasteiger partial charge < -0.3 is 10.5 Å². The van der Waals surface area contributed by atoms with Crippen molar-refractivity contribution in [3.63, 3.8) is 0 Å². The van der Waals surface area contributed by atoms with E-state index >= 15 is 0 Å². The molecule has 96 valence electrons. The normalized spacial score (nSPS) is 22.1. The Balaban J connectivity index is 0.00000120. The second-order valence-corrected chi connectivity index (χ2v) is 4.62. The van der Waals surface area contributed by atoms with Gasteiger partial charge >= 0.3 is 0 Å². The molecule has 0 radical (unpaired) electrons. The third-order valence-corrected chi connectivity index (χ3v) is 3.21. The largest absolute Gasteiger partial charge is 0.490 e. The predicted molar refractivity (Wildman–Crippen MR) is 72.8 cm³/mol. The maximum absolute atomic E-state index is 13.1. The Morgan fingerprint density at radius 2 is 1.78 bits per heavy atom. The van der Waals surface area contributed by atoms with Crippen LogP contribution in [0.1, 0.15) is 12.8 Å². The number of hydrogen-bond acceptors (Lipinski definition) is 2. The molecule has 1 aliphatic carbocycles. The molecule has 0 spiro atoms. The number of hydrogen-bond donors (Lipinski definition) is 1. The van der Waals surface area contributed by atoms with Crippen molar-refractivity contribution < 1.29 is 9.13 Å². The zero-order valence-corrected chi connectivity index (χ0v) is 10.6. The summed E-state index contributed by atoms with van der Waals surface area (Å²) in [4.78, 5) is 0. The minimum absolute atomic E-state index is 0. The lowest BCUT2D eigenvalue weighted by Gasteiger charge is -2.32. The van der Waals surface area contributed by atoms with Gasteiger partial charge in [-0.2, -0.15) is 0 Å². The van der Waals surface area contributed by atoms with Crippen LogP contribution in [0.3, 0.4) is 0 Å². The second-order valence-electron chi connectivity index (χ2n) is 4.62. The van der Waals surface area contributed by atoms with Gasteiger partial charge in [0.15, 0.2) is 0 Å². The smallest absolute Gasteiger partial charge is 0.123 e. The fraction of sp³-hybridized carbons (Fsp3) is 0.286. The summed E-state index contributed by atoms with van der Waals surface area (Å²) in [7, 11) is 0. The van der Waals surface area contributed by atoms with Crippen LogP contribution in [0.5, 0.6) is 5.75 Å². The molecule has 0 atom stereocenters. The summed E-state index contributed by atoms with van der Waals surface area (Å²) >= 11 is 0. The van der Waals surface area contributed by atoms with Crippen LogP contribution < -0.4 is 10.5 Å². The number of fused-ring (bicyclic) bond motifs is 1. The SMILES string of the molecule is Cl.NC1CC(Oc2ccc3ccc(F)cc3c2)C1. The van der Waals surface area contributed by atoms with E-state index in [2.05, 4.69) is 0 Å². The quantitative estimate of drug-likeness (QED) is 0.906. The van der Waals surface area contributed by atoms with Gasteiger partial charge in [0.1, 0.15) is 17.7 Å². The number of benzene rings is 2.